The predicted molar refractivity (Wildman–Crippen MR) is 75.5 cm³/mol. The fraction of sp³-hybridized carbons (Fsp3) is 0.833. The second-order valence-electron chi connectivity index (χ2n) is 4.69. The van der Waals surface area contributed by atoms with E-state index in [1.807, 2.05) is 27.7 Å². The van der Waals surface area contributed by atoms with Crippen LogP contribution in [0.15, 0.2) is 0 Å². The van der Waals surface area contributed by atoms with E-state index >= 15 is 0 Å². The van der Waals surface area contributed by atoms with E-state index in [-0.39, 0.29) is 16.3 Å². The maximum atomic E-state index is 11.9. The monoisotopic (exact) mass is 278 g/mol. The van der Waals surface area contributed by atoms with Gasteiger partial charge in [0.15, 0.2) is 4.75 Å². The zero-order chi connectivity index (χ0) is 13.6. The molecule has 0 aliphatic carbocycles. The van der Waals surface area contributed by atoms with Crippen LogP contribution in [0.2, 0.25) is 0 Å². The highest BCUT2D eigenvalue weighted by atomic mass is 32.2. The molecule has 3 nitrogen and oxygen atoms in total. The number of carbonyl (C=O) groups excluding carboxylic acids is 2. The van der Waals surface area contributed by atoms with Crippen LogP contribution in [-0.4, -0.2) is 27.7 Å². The van der Waals surface area contributed by atoms with Gasteiger partial charge in [-0.3, -0.25) is 9.59 Å². The maximum absolute atomic E-state index is 11.9. The quantitative estimate of drug-likeness (QED) is 0.461. The van der Waals surface area contributed by atoms with E-state index in [9.17, 15) is 9.59 Å². The molecule has 0 aliphatic rings. The van der Waals surface area contributed by atoms with Gasteiger partial charge in [-0.25, -0.2) is 0 Å². The van der Waals surface area contributed by atoms with E-state index in [0.717, 1.165) is 18.2 Å². The average molecular weight is 278 g/mol. The Labute approximate surface area is 113 Å². The number of thiol groups is 1. The summed E-state index contributed by atoms with van der Waals surface area (Å²) in [5, 5.41) is -0.0594. The Morgan fingerprint density at radius 3 is 2.29 bits per heavy atom. The molecule has 2 unspecified atom stereocenters. The van der Waals surface area contributed by atoms with Crippen molar-refractivity contribution < 1.29 is 14.3 Å². The summed E-state index contributed by atoms with van der Waals surface area (Å²) in [6, 6.07) is 0. The summed E-state index contributed by atoms with van der Waals surface area (Å²) < 4.78 is 3.70. The molecule has 17 heavy (non-hydrogen) atoms. The Hall–Kier alpha value is -0.160. The van der Waals surface area contributed by atoms with Crippen LogP contribution in [0.5, 0.6) is 0 Å². The zero-order valence-electron chi connectivity index (χ0n) is 11.1. The maximum Gasteiger partial charge on any atom is 0.330 e. The molecule has 0 N–H and O–H groups in total. The lowest BCUT2D eigenvalue weighted by atomic mass is 10.2. The first-order chi connectivity index (χ1) is 7.71. The second-order valence-corrected chi connectivity index (χ2v) is 6.99. The number of esters is 1. The van der Waals surface area contributed by atoms with Crippen LogP contribution in [0.1, 0.15) is 41.0 Å². The summed E-state index contributed by atoms with van der Waals surface area (Å²) in [6.07, 6.45) is 0.876. The van der Waals surface area contributed by atoms with Crippen molar-refractivity contribution in [1.82, 2.24) is 0 Å². The van der Waals surface area contributed by atoms with E-state index in [1.54, 1.807) is 0 Å². The second kappa shape index (κ2) is 7.31. The molecule has 0 aromatic carbocycles. The van der Waals surface area contributed by atoms with Crippen molar-refractivity contribution in [2.24, 2.45) is 5.92 Å². The van der Waals surface area contributed by atoms with Crippen molar-refractivity contribution in [2.45, 2.75) is 51.0 Å². The molecular formula is C12H22O3S2. The minimum atomic E-state index is -1.36. The molecule has 0 amide bonds. The first-order valence-corrected chi connectivity index (χ1v) is 7.15. The van der Waals surface area contributed by atoms with Gasteiger partial charge in [-0.05, 0) is 19.3 Å². The van der Waals surface area contributed by atoms with Gasteiger partial charge in [0.05, 0.1) is 6.61 Å². The summed E-state index contributed by atoms with van der Waals surface area (Å²) >= 11 is 5.30. The lowest BCUT2D eigenvalue weighted by molar-refractivity contribution is -0.148. The van der Waals surface area contributed by atoms with Gasteiger partial charge in [0.25, 0.3) is 0 Å². The van der Waals surface area contributed by atoms with Crippen molar-refractivity contribution in [3.63, 3.8) is 0 Å². The molecule has 0 saturated carbocycles. The van der Waals surface area contributed by atoms with Crippen LogP contribution in [0.4, 0.5) is 0 Å². The number of rotatable bonds is 6. The molecule has 2 atom stereocenters. The molecular weight excluding hydrogens is 256 g/mol. The van der Waals surface area contributed by atoms with E-state index in [2.05, 4.69) is 12.6 Å². The molecule has 0 saturated heterocycles. The van der Waals surface area contributed by atoms with Crippen LogP contribution in [0, 0.1) is 5.92 Å². The number of thioether (sulfide) groups is 1. The highest BCUT2D eigenvalue weighted by molar-refractivity contribution is 8.15. The fourth-order valence-corrected chi connectivity index (χ4v) is 1.91. The van der Waals surface area contributed by atoms with Gasteiger partial charge in [-0.1, -0.05) is 39.5 Å². The molecule has 0 radical (unpaired) electrons. The first kappa shape index (κ1) is 16.8. The summed E-state index contributed by atoms with van der Waals surface area (Å²) in [4.78, 5) is 23.7. The molecule has 0 aromatic rings. The van der Waals surface area contributed by atoms with Crippen molar-refractivity contribution >= 4 is 35.5 Å². The summed E-state index contributed by atoms with van der Waals surface area (Å²) in [5.41, 5.74) is 0. The Bertz CT molecular complexity index is 275. The molecule has 0 aliphatic heterocycles. The van der Waals surface area contributed by atoms with Gasteiger partial charge in [-0.15, -0.1) is 0 Å². The van der Waals surface area contributed by atoms with Gasteiger partial charge in [0, 0.05) is 5.25 Å². The highest BCUT2D eigenvalue weighted by Crippen LogP contribution is 2.27. The minimum Gasteiger partial charge on any atom is -0.464 e. The first-order valence-electron chi connectivity index (χ1n) is 5.82. The van der Waals surface area contributed by atoms with E-state index in [1.165, 1.54) is 6.92 Å². The van der Waals surface area contributed by atoms with Gasteiger partial charge < -0.3 is 4.74 Å². The van der Waals surface area contributed by atoms with Gasteiger partial charge in [0.1, 0.15) is 0 Å². The third-order valence-corrected chi connectivity index (χ3v) is 4.12. The topological polar surface area (TPSA) is 43.4 Å². The summed E-state index contributed by atoms with van der Waals surface area (Å²) in [6.45, 7) is 9.65. The Morgan fingerprint density at radius 1 is 1.35 bits per heavy atom. The normalized spacial score (nSPS) is 16.4. The highest BCUT2D eigenvalue weighted by Gasteiger charge is 2.39. The third kappa shape index (κ3) is 5.82. The fourth-order valence-electron chi connectivity index (χ4n) is 0.847. The zero-order valence-corrected chi connectivity index (χ0v) is 12.9. The van der Waals surface area contributed by atoms with Crippen LogP contribution >= 0.6 is 24.4 Å². The van der Waals surface area contributed by atoms with Gasteiger partial charge in [0.2, 0.25) is 5.12 Å². The van der Waals surface area contributed by atoms with Crippen LogP contribution < -0.4 is 0 Å². The largest absolute Gasteiger partial charge is 0.464 e. The Balaban J connectivity index is 4.43. The standard InChI is InChI=1S/C12H22O3S2/c1-6-9(4)17-11(14)12(5,16)10(13)15-7-8(2)3/h8-9,16H,6-7H2,1-5H3. The molecule has 100 valence electrons. The average Bonchev–Trinajstić information content (AvgIpc) is 2.25. The number of hydrogen-bond acceptors (Lipinski definition) is 5. The summed E-state index contributed by atoms with van der Waals surface area (Å²) in [5.74, 6) is -0.309. The van der Waals surface area contributed by atoms with Crippen LogP contribution in [0.25, 0.3) is 0 Å². The number of ether oxygens (including phenoxy) is 1. The Kier molecular flexibility index (Phi) is 7.24. The Morgan fingerprint density at radius 2 is 1.88 bits per heavy atom. The molecule has 0 bridgehead atoms. The predicted octanol–water partition coefficient (Wildman–Crippen LogP) is 2.93. The van der Waals surface area contributed by atoms with E-state index in [0.29, 0.717) is 6.61 Å². The molecule has 0 heterocycles. The molecule has 0 spiro atoms. The van der Waals surface area contributed by atoms with Crippen molar-refractivity contribution in [2.75, 3.05) is 6.61 Å². The van der Waals surface area contributed by atoms with Gasteiger partial charge in [-0.2, -0.15) is 12.6 Å². The van der Waals surface area contributed by atoms with Crippen molar-refractivity contribution in [3.8, 4) is 0 Å². The van der Waals surface area contributed by atoms with E-state index in [4.69, 9.17) is 4.74 Å². The van der Waals surface area contributed by atoms with E-state index < -0.39 is 10.7 Å². The molecule has 5 heteroatoms. The summed E-state index contributed by atoms with van der Waals surface area (Å²) in [7, 11) is 0. The SMILES string of the molecule is CCC(C)SC(=O)C(C)(S)C(=O)OCC(C)C. The molecule has 0 aromatic heterocycles. The van der Waals surface area contributed by atoms with Gasteiger partial charge >= 0.3 is 5.97 Å². The lowest BCUT2D eigenvalue weighted by Gasteiger charge is -2.21. The van der Waals surface area contributed by atoms with Crippen molar-refractivity contribution in [3.05, 3.63) is 0 Å². The molecule has 0 fully saturated rings. The van der Waals surface area contributed by atoms with Crippen LogP contribution in [0.3, 0.4) is 0 Å². The number of hydrogen-bond donors (Lipinski definition) is 1. The smallest absolute Gasteiger partial charge is 0.330 e. The molecule has 0 rings (SSSR count). The third-order valence-electron chi connectivity index (χ3n) is 2.23. The number of carbonyl (C=O) groups is 2. The van der Waals surface area contributed by atoms with Crippen molar-refractivity contribution in [1.29, 1.82) is 0 Å². The van der Waals surface area contributed by atoms with Crippen LogP contribution in [-0.2, 0) is 14.3 Å². The lowest BCUT2D eigenvalue weighted by Crippen LogP contribution is -2.39. The minimum absolute atomic E-state index is 0.187.